The number of primary amides is 1. The third kappa shape index (κ3) is 2.82. The highest BCUT2D eigenvalue weighted by Gasteiger charge is 2.43. The molecular formula is C20H22N2O4S. The number of aliphatic hydroxyl groups is 1. The number of rotatable bonds is 6. The molecule has 1 fully saturated rings. The molecule has 0 spiro atoms. The number of hydrogen-bond acceptors (Lipinski definition) is 6. The van der Waals surface area contributed by atoms with Gasteiger partial charge in [-0.3, -0.25) is 4.79 Å². The van der Waals surface area contributed by atoms with E-state index < -0.39 is 11.3 Å². The number of benzene rings is 1. The molecule has 0 bridgehead atoms. The Morgan fingerprint density at radius 1 is 1.41 bits per heavy atom. The van der Waals surface area contributed by atoms with E-state index >= 15 is 0 Å². The molecule has 0 radical (unpaired) electrons. The Labute approximate surface area is 161 Å². The number of ether oxygens (including phenoxy) is 1. The number of amides is 1. The molecule has 1 saturated carbocycles. The molecule has 142 valence electrons. The summed E-state index contributed by atoms with van der Waals surface area (Å²) in [7, 11) is 0. The molecule has 3 aromatic rings. The molecule has 7 heteroatoms. The van der Waals surface area contributed by atoms with Crippen molar-refractivity contribution in [3.8, 4) is 5.75 Å². The highest BCUT2D eigenvalue weighted by molar-refractivity contribution is 7.09. The minimum absolute atomic E-state index is 0.00944. The van der Waals surface area contributed by atoms with Crippen LogP contribution in [0.15, 0.2) is 22.1 Å². The van der Waals surface area contributed by atoms with E-state index in [1.165, 1.54) is 0 Å². The van der Waals surface area contributed by atoms with E-state index in [4.69, 9.17) is 14.9 Å². The van der Waals surface area contributed by atoms with Crippen molar-refractivity contribution in [2.75, 3.05) is 6.61 Å². The van der Waals surface area contributed by atoms with Crippen LogP contribution in [0.2, 0.25) is 0 Å². The van der Waals surface area contributed by atoms with Crippen LogP contribution >= 0.6 is 11.3 Å². The first-order valence-electron chi connectivity index (χ1n) is 8.96. The van der Waals surface area contributed by atoms with Gasteiger partial charge in [0, 0.05) is 16.4 Å². The zero-order chi connectivity index (χ0) is 19.2. The average molecular weight is 386 g/mol. The van der Waals surface area contributed by atoms with Gasteiger partial charge in [-0.15, -0.1) is 11.3 Å². The molecule has 1 aliphatic carbocycles. The number of aryl methyl sites for hydroxylation is 2. The van der Waals surface area contributed by atoms with Crippen LogP contribution in [0.4, 0.5) is 0 Å². The van der Waals surface area contributed by atoms with Crippen LogP contribution in [-0.4, -0.2) is 22.6 Å². The third-order valence-electron chi connectivity index (χ3n) is 5.59. The molecule has 27 heavy (non-hydrogen) atoms. The van der Waals surface area contributed by atoms with Gasteiger partial charge < -0.3 is 20.0 Å². The molecule has 1 amide bonds. The van der Waals surface area contributed by atoms with Crippen LogP contribution in [-0.2, 0) is 12.0 Å². The summed E-state index contributed by atoms with van der Waals surface area (Å²) in [5.41, 5.74) is 9.76. The van der Waals surface area contributed by atoms with E-state index in [9.17, 15) is 9.90 Å². The summed E-state index contributed by atoms with van der Waals surface area (Å²) in [6.07, 6.45) is 2.69. The van der Waals surface area contributed by atoms with E-state index in [1.54, 1.807) is 29.8 Å². The van der Waals surface area contributed by atoms with Crippen molar-refractivity contribution in [3.05, 3.63) is 45.1 Å². The first-order valence-corrected chi connectivity index (χ1v) is 9.84. The van der Waals surface area contributed by atoms with Crippen LogP contribution in [0, 0.1) is 13.8 Å². The molecule has 1 aromatic carbocycles. The van der Waals surface area contributed by atoms with Gasteiger partial charge in [-0.25, -0.2) is 4.98 Å². The van der Waals surface area contributed by atoms with Crippen LogP contribution in [0.3, 0.4) is 0 Å². The van der Waals surface area contributed by atoms with Gasteiger partial charge in [0.25, 0.3) is 5.91 Å². The van der Waals surface area contributed by atoms with Crippen LogP contribution < -0.4 is 10.5 Å². The SMILES string of the molecule is Cc1ncsc1COc1ccc2oc(C)c(C(N)=O)c2c1C1(CO)CCC1. The zero-order valence-corrected chi connectivity index (χ0v) is 16.2. The summed E-state index contributed by atoms with van der Waals surface area (Å²) in [6.45, 7) is 4.06. The second-order valence-electron chi connectivity index (χ2n) is 7.15. The maximum Gasteiger partial charge on any atom is 0.252 e. The van der Waals surface area contributed by atoms with Gasteiger partial charge in [0.05, 0.1) is 28.3 Å². The number of thiazole rings is 1. The van der Waals surface area contributed by atoms with Crippen LogP contribution in [0.1, 0.15) is 51.5 Å². The lowest BCUT2D eigenvalue weighted by atomic mass is 9.63. The summed E-state index contributed by atoms with van der Waals surface area (Å²) in [5, 5.41) is 10.9. The molecule has 2 aromatic heterocycles. The van der Waals surface area contributed by atoms with Gasteiger partial charge in [-0.2, -0.15) is 0 Å². The molecule has 1 aliphatic rings. The van der Waals surface area contributed by atoms with Crippen LogP contribution in [0.5, 0.6) is 5.75 Å². The van der Waals surface area contributed by atoms with E-state index in [-0.39, 0.29) is 6.61 Å². The Balaban J connectivity index is 1.89. The Morgan fingerprint density at radius 2 is 2.19 bits per heavy atom. The summed E-state index contributed by atoms with van der Waals surface area (Å²) in [6, 6.07) is 3.66. The lowest BCUT2D eigenvalue weighted by molar-refractivity contribution is 0.0999. The zero-order valence-electron chi connectivity index (χ0n) is 15.4. The summed E-state index contributed by atoms with van der Waals surface area (Å²) in [5.74, 6) is 0.615. The number of aromatic nitrogens is 1. The van der Waals surface area contributed by atoms with Crippen molar-refractivity contribution in [2.45, 2.75) is 45.1 Å². The van der Waals surface area contributed by atoms with Crippen molar-refractivity contribution < 1.29 is 19.1 Å². The Hall–Kier alpha value is -2.38. The van der Waals surface area contributed by atoms with Gasteiger partial charge in [0.2, 0.25) is 0 Å². The number of nitrogens with two attached hydrogens (primary N) is 1. The van der Waals surface area contributed by atoms with Crippen LogP contribution in [0.25, 0.3) is 11.0 Å². The van der Waals surface area contributed by atoms with Crippen molar-refractivity contribution in [3.63, 3.8) is 0 Å². The largest absolute Gasteiger partial charge is 0.488 e. The number of aliphatic hydroxyl groups excluding tert-OH is 1. The number of fused-ring (bicyclic) bond motifs is 1. The molecule has 0 aliphatic heterocycles. The van der Waals surface area contributed by atoms with Crippen molar-refractivity contribution in [2.24, 2.45) is 5.73 Å². The number of carbonyl (C=O) groups is 1. The van der Waals surface area contributed by atoms with E-state index in [1.807, 2.05) is 13.0 Å². The maximum absolute atomic E-state index is 12.1. The van der Waals surface area contributed by atoms with Crippen molar-refractivity contribution >= 4 is 28.2 Å². The minimum Gasteiger partial charge on any atom is -0.488 e. The maximum atomic E-state index is 12.1. The van der Waals surface area contributed by atoms with Gasteiger partial charge in [-0.1, -0.05) is 6.42 Å². The molecule has 3 N–H and O–H groups in total. The van der Waals surface area contributed by atoms with E-state index in [2.05, 4.69) is 4.98 Å². The molecule has 4 rings (SSSR count). The normalized spacial score (nSPS) is 15.7. The van der Waals surface area contributed by atoms with Gasteiger partial charge >= 0.3 is 0 Å². The molecule has 6 nitrogen and oxygen atoms in total. The standard InChI is InChI=1S/C20H22N2O4S/c1-11-15(27-10-22-11)8-25-14-5-4-13-17(16(19(21)24)12(2)26-13)18(14)20(9-23)6-3-7-20/h4-5,10,23H,3,6-9H2,1-2H3,(H2,21,24). The molecule has 0 atom stereocenters. The Bertz CT molecular complexity index is 1010. The smallest absolute Gasteiger partial charge is 0.252 e. The fraction of sp³-hybridized carbons (Fsp3) is 0.400. The summed E-state index contributed by atoms with van der Waals surface area (Å²) < 4.78 is 12.0. The average Bonchev–Trinajstić information content (AvgIpc) is 3.15. The fourth-order valence-electron chi connectivity index (χ4n) is 3.93. The van der Waals surface area contributed by atoms with Gasteiger partial charge in [-0.05, 0) is 38.8 Å². The molecule has 0 saturated heterocycles. The summed E-state index contributed by atoms with van der Waals surface area (Å²) >= 11 is 1.55. The highest BCUT2D eigenvalue weighted by Crippen LogP contribution is 2.51. The fourth-order valence-corrected chi connectivity index (χ4v) is 4.62. The van der Waals surface area contributed by atoms with E-state index in [0.29, 0.717) is 34.6 Å². The van der Waals surface area contributed by atoms with Gasteiger partial charge in [0.15, 0.2) is 0 Å². The molecular weight excluding hydrogens is 364 g/mol. The van der Waals surface area contributed by atoms with Gasteiger partial charge in [0.1, 0.15) is 23.7 Å². The van der Waals surface area contributed by atoms with Crippen molar-refractivity contribution in [1.29, 1.82) is 0 Å². The minimum atomic E-state index is -0.532. The predicted molar refractivity (Wildman–Crippen MR) is 103 cm³/mol. The molecule has 0 unspecified atom stereocenters. The lowest BCUT2D eigenvalue weighted by Crippen LogP contribution is -2.38. The number of nitrogens with zero attached hydrogens (tertiary/aromatic N) is 1. The van der Waals surface area contributed by atoms with Crippen molar-refractivity contribution in [1.82, 2.24) is 4.98 Å². The highest BCUT2D eigenvalue weighted by atomic mass is 32.1. The topological polar surface area (TPSA) is 98.6 Å². The number of hydrogen-bond donors (Lipinski definition) is 2. The molecule has 2 heterocycles. The predicted octanol–water partition coefficient (Wildman–Crippen LogP) is 3.60. The van der Waals surface area contributed by atoms with E-state index in [0.717, 1.165) is 35.4 Å². The first kappa shape index (κ1) is 18.0. The second kappa shape index (κ2) is 6.65. The first-order chi connectivity index (χ1) is 13.0. The quantitative estimate of drug-likeness (QED) is 0.674. The lowest BCUT2D eigenvalue weighted by Gasteiger charge is -2.42. The monoisotopic (exact) mass is 386 g/mol. The third-order valence-corrected chi connectivity index (χ3v) is 6.50. The number of furan rings is 1. The number of carbonyl (C=O) groups excluding carboxylic acids is 1. The second-order valence-corrected chi connectivity index (χ2v) is 8.09. The Morgan fingerprint density at radius 3 is 2.74 bits per heavy atom. The Kier molecular flexibility index (Phi) is 4.44. The summed E-state index contributed by atoms with van der Waals surface area (Å²) in [4.78, 5) is 17.4.